The average molecular weight is 226 g/mol. The molecule has 1 atom stereocenters. The molecule has 0 radical (unpaired) electrons. The van der Waals surface area contributed by atoms with Gasteiger partial charge in [0, 0.05) is 12.1 Å². The van der Waals surface area contributed by atoms with E-state index in [9.17, 15) is 4.79 Å². The van der Waals surface area contributed by atoms with Crippen LogP contribution in [0.25, 0.3) is 0 Å². The van der Waals surface area contributed by atoms with Crippen LogP contribution < -0.4 is 10.6 Å². The Balaban J connectivity index is 2.09. The third-order valence-electron chi connectivity index (χ3n) is 3.14. The topological polar surface area (TPSA) is 41.1 Å². The van der Waals surface area contributed by atoms with Crippen molar-refractivity contribution >= 4 is 5.91 Å². The molecule has 16 heavy (non-hydrogen) atoms. The third kappa shape index (κ3) is 5.50. The van der Waals surface area contributed by atoms with E-state index in [2.05, 4.69) is 31.4 Å². The largest absolute Gasteiger partial charge is 0.353 e. The summed E-state index contributed by atoms with van der Waals surface area (Å²) in [5, 5.41) is 6.36. The second kappa shape index (κ2) is 6.89. The number of carbonyl (C=O) groups is 1. The van der Waals surface area contributed by atoms with Crippen LogP contribution in [0.1, 0.15) is 52.9 Å². The van der Waals surface area contributed by atoms with Crippen LogP contribution in [0.2, 0.25) is 0 Å². The van der Waals surface area contributed by atoms with Crippen LogP contribution in [0, 0.1) is 5.92 Å². The van der Waals surface area contributed by atoms with Crippen LogP contribution in [-0.4, -0.2) is 24.5 Å². The van der Waals surface area contributed by atoms with E-state index < -0.39 is 0 Å². The van der Waals surface area contributed by atoms with Crippen molar-refractivity contribution in [1.82, 2.24) is 10.6 Å². The Morgan fingerprint density at radius 3 is 2.44 bits per heavy atom. The van der Waals surface area contributed by atoms with Gasteiger partial charge in [0.1, 0.15) is 0 Å². The maximum atomic E-state index is 11.6. The molecule has 0 aliphatic heterocycles. The lowest BCUT2D eigenvalue weighted by Crippen LogP contribution is -2.42. The van der Waals surface area contributed by atoms with Gasteiger partial charge in [0.05, 0.1) is 6.54 Å². The molecule has 94 valence electrons. The second-order valence-corrected chi connectivity index (χ2v) is 5.46. The molecule has 1 fully saturated rings. The highest BCUT2D eigenvalue weighted by molar-refractivity contribution is 5.78. The van der Waals surface area contributed by atoms with Crippen molar-refractivity contribution in [3.8, 4) is 0 Å². The first kappa shape index (κ1) is 13.5. The van der Waals surface area contributed by atoms with Crippen molar-refractivity contribution in [2.75, 3.05) is 6.54 Å². The Morgan fingerprint density at radius 1 is 1.25 bits per heavy atom. The molecule has 0 aromatic carbocycles. The summed E-state index contributed by atoms with van der Waals surface area (Å²) in [4.78, 5) is 11.6. The predicted octanol–water partition coefficient (Wildman–Crippen LogP) is 2.07. The van der Waals surface area contributed by atoms with Crippen LogP contribution >= 0.6 is 0 Å². The minimum Gasteiger partial charge on any atom is -0.353 e. The Kier molecular flexibility index (Phi) is 5.81. The number of hydrogen-bond acceptors (Lipinski definition) is 2. The summed E-state index contributed by atoms with van der Waals surface area (Å²) in [6.07, 6.45) is 6.13. The van der Waals surface area contributed by atoms with Crippen molar-refractivity contribution in [1.29, 1.82) is 0 Å². The van der Waals surface area contributed by atoms with Gasteiger partial charge in [0.25, 0.3) is 0 Å². The fourth-order valence-electron chi connectivity index (χ4n) is 2.46. The van der Waals surface area contributed by atoms with E-state index in [1.165, 1.54) is 25.7 Å². The maximum Gasteiger partial charge on any atom is 0.234 e. The van der Waals surface area contributed by atoms with E-state index in [-0.39, 0.29) is 11.9 Å². The number of amides is 1. The van der Waals surface area contributed by atoms with E-state index in [0.29, 0.717) is 18.5 Å². The van der Waals surface area contributed by atoms with Crippen molar-refractivity contribution in [3.05, 3.63) is 0 Å². The van der Waals surface area contributed by atoms with Gasteiger partial charge in [-0.05, 0) is 32.1 Å². The highest BCUT2D eigenvalue weighted by Gasteiger charge is 2.15. The monoisotopic (exact) mass is 226 g/mol. The van der Waals surface area contributed by atoms with Crippen molar-refractivity contribution in [2.45, 2.75) is 65.0 Å². The zero-order chi connectivity index (χ0) is 12.0. The molecule has 3 heteroatoms. The number of hydrogen-bond donors (Lipinski definition) is 2. The quantitative estimate of drug-likeness (QED) is 0.728. The minimum absolute atomic E-state index is 0.139. The molecular weight excluding hydrogens is 200 g/mol. The normalized spacial score (nSPS) is 19.0. The lowest BCUT2D eigenvalue weighted by Gasteiger charge is -2.17. The van der Waals surface area contributed by atoms with Crippen LogP contribution in [-0.2, 0) is 4.79 Å². The Hall–Kier alpha value is -0.570. The third-order valence-corrected chi connectivity index (χ3v) is 3.14. The lowest BCUT2D eigenvalue weighted by atomic mass is 10.1. The van der Waals surface area contributed by atoms with Gasteiger partial charge < -0.3 is 10.6 Å². The molecule has 0 spiro atoms. The molecule has 0 saturated heterocycles. The molecule has 1 amide bonds. The first-order valence-electron chi connectivity index (χ1n) is 6.60. The molecule has 1 aliphatic carbocycles. The first-order valence-corrected chi connectivity index (χ1v) is 6.60. The fourth-order valence-corrected chi connectivity index (χ4v) is 2.46. The Bertz CT molecular complexity index is 210. The van der Waals surface area contributed by atoms with Crippen LogP contribution in [0.4, 0.5) is 0 Å². The van der Waals surface area contributed by atoms with Crippen molar-refractivity contribution < 1.29 is 4.79 Å². The molecule has 0 aromatic heterocycles. The van der Waals surface area contributed by atoms with Crippen LogP contribution in [0.15, 0.2) is 0 Å². The number of nitrogens with one attached hydrogen (secondary N) is 2. The minimum atomic E-state index is 0.139. The highest BCUT2D eigenvalue weighted by Crippen LogP contribution is 2.17. The number of carbonyl (C=O) groups excluding carboxylic acids is 1. The zero-order valence-electron chi connectivity index (χ0n) is 10.9. The molecule has 1 aliphatic rings. The van der Waals surface area contributed by atoms with Gasteiger partial charge in [-0.15, -0.1) is 0 Å². The molecule has 0 bridgehead atoms. The van der Waals surface area contributed by atoms with Gasteiger partial charge in [-0.25, -0.2) is 0 Å². The van der Waals surface area contributed by atoms with Crippen LogP contribution in [0.3, 0.4) is 0 Å². The molecule has 0 heterocycles. The Labute approximate surface area is 99.4 Å². The second-order valence-electron chi connectivity index (χ2n) is 5.46. The summed E-state index contributed by atoms with van der Waals surface area (Å²) in [5.41, 5.74) is 0. The predicted molar refractivity (Wildman–Crippen MR) is 67.3 cm³/mol. The summed E-state index contributed by atoms with van der Waals surface area (Å²) in [6.45, 7) is 6.92. The molecule has 1 rings (SSSR count). The number of rotatable bonds is 6. The van der Waals surface area contributed by atoms with Gasteiger partial charge >= 0.3 is 0 Å². The molecule has 0 aromatic rings. The summed E-state index contributed by atoms with van der Waals surface area (Å²) < 4.78 is 0. The smallest absolute Gasteiger partial charge is 0.234 e. The maximum absolute atomic E-state index is 11.6. The molecule has 3 nitrogen and oxygen atoms in total. The Morgan fingerprint density at radius 2 is 1.88 bits per heavy atom. The lowest BCUT2D eigenvalue weighted by molar-refractivity contribution is -0.121. The van der Waals surface area contributed by atoms with E-state index in [1.54, 1.807) is 0 Å². The SMILES string of the molecule is CC(C)CC(C)NC(=O)CNC1CCCC1. The van der Waals surface area contributed by atoms with Crippen LogP contribution in [0.5, 0.6) is 0 Å². The van der Waals surface area contributed by atoms with E-state index >= 15 is 0 Å². The summed E-state index contributed by atoms with van der Waals surface area (Å²) in [5.74, 6) is 0.776. The first-order chi connectivity index (χ1) is 7.58. The summed E-state index contributed by atoms with van der Waals surface area (Å²) in [6, 6.07) is 0.865. The van der Waals surface area contributed by atoms with E-state index in [4.69, 9.17) is 0 Å². The van der Waals surface area contributed by atoms with Crippen molar-refractivity contribution in [2.24, 2.45) is 5.92 Å². The summed E-state index contributed by atoms with van der Waals surface area (Å²) in [7, 11) is 0. The fraction of sp³-hybridized carbons (Fsp3) is 0.923. The zero-order valence-corrected chi connectivity index (χ0v) is 10.9. The van der Waals surface area contributed by atoms with Crippen molar-refractivity contribution in [3.63, 3.8) is 0 Å². The standard InChI is InChI=1S/C13H26N2O/c1-10(2)8-11(3)15-13(16)9-14-12-6-4-5-7-12/h10-12,14H,4-9H2,1-3H3,(H,15,16). The molecule has 1 saturated carbocycles. The molecule has 2 N–H and O–H groups in total. The van der Waals surface area contributed by atoms with E-state index in [0.717, 1.165) is 6.42 Å². The molecular formula is C13H26N2O. The van der Waals surface area contributed by atoms with Gasteiger partial charge in [-0.1, -0.05) is 26.7 Å². The van der Waals surface area contributed by atoms with E-state index in [1.807, 2.05) is 0 Å². The summed E-state index contributed by atoms with van der Waals surface area (Å²) >= 11 is 0. The molecule has 1 unspecified atom stereocenters. The highest BCUT2D eigenvalue weighted by atomic mass is 16.1. The average Bonchev–Trinajstić information content (AvgIpc) is 2.65. The van der Waals surface area contributed by atoms with Gasteiger partial charge in [-0.3, -0.25) is 4.79 Å². The van der Waals surface area contributed by atoms with Gasteiger partial charge in [0.15, 0.2) is 0 Å². The van der Waals surface area contributed by atoms with Gasteiger partial charge in [-0.2, -0.15) is 0 Å². The van der Waals surface area contributed by atoms with Gasteiger partial charge in [0.2, 0.25) is 5.91 Å².